The molecule has 1 fully saturated rings. The lowest BCUT2D eigenvalue weighted by Crippen LogP contribution is -2.45. The number of nitrogens with zero attached hydrogens (tertiary/aromatic N) is 1. The molecule has 2 heterocycles. The Labute approximate surface area is 108 Å². The largest absolute Gasteiger partial charge is 0.353 e. The van der Waals surface area contributed by atoms with Crippen molar-refractivity contribution in [3.63, 3.8) is 0 Å². The van der Waals surface area contributed by atoms with Gasteiger partial charge in [-0.3, -0.25) is 9.78 Å². The summed E-state index contributed by atoms with van der Waals surface area (Å²) in [7, 11) is 0. The number of carbonyl (C=O) groups excluding carboxylic acids is 1. The van der Waals surface area contributed by atoms with Crippen molar-refractivity contribution in [1.29, 1.82) is 0 Å². The summed E-state index contributed by atoms with van der Waals surface area (Å²) in [5, 5.41) is 6.48. The number of aromatic nitrogens is 1. The second-order valence-corrected chi connectivity index (χ2v) is 4.99. The van der Waals surface area contributed by atoms with Gasteiger partial charge in [0.15, 0.2) is 0 Å². The minimum atomic E-state index is 0.0965. The van der Waals surface area contributed by atoms with Gasteiger partial charge in [-0.2, -0.15) is 0 Å². The lowest BCUT2D eigenvalue weighted by atomic mass is 9.92. The van der Waals surface area contributed by atoms with Crippen molar-refractivity contribution in [3.8, 4) is 0 Å². The summed E-state index contributed by atoms with van der Waals surface area (Å²) in [4.78, 5) is 15.9. The Balaban J connectivity index is 1.79. The third-order valence-electron chi connectivity index (χ3n) is 3.54. The monoisotopic (exact) mass is 247 g/mol. The zero-order valence-electron chi connectivity index (χ0n) is 10.9. The van der Waals surface area contributed by atoms with Gasteiger partial charge in [-0.15, -0.1) is 0 Å². The highest BCUT2D eigenvalue weighted by molar-refractivity contribution is 5.78. The van der Waals surface area contributed by atoms with E-state index < -0.39 is 0 Å². The first-order chi connectivity index (χ1) is 8.75. The molecule has 98 valence electrons. The van der Waals surface area contributed by atoms with Gasteiger partial charge in [0.05, 0.1) is 6.42 Å². The van der Waals surface area contributed by atoms with Crippen LogP contribution in [-0.2, 0) is 11.2 Å². The van der Waals surface area contributed by atoms with E-state index in [1.807, 2.05) is 12.1 Å². The number of pyridine rings is 1. The standard InChI is InChI=1S/C14H21N3O/c1-11(13-3-2-6-16-10-13)17-14(18)9-12-4-7-15-8-5-12/h4-5,7-8,11,13,16H,2-3,6,9-10H2,1H3,(H,17,18). The second-order valence-electron chi connectivity index (χ2n) is 4.99. The molecule has 0 bridgehead atoms. The summed E-state index contributed by atoms with van der Waals surface area (Å²) in [5.41, 5.74) is 1.01. The zero-order valence-corrected chi connectivity index (χ0v) is 10.9. The molecule has 0 aliphatic carbocycles. The van der Waals surface area contributed by atoms with Crippen molar-refractivity contribution in [3.05, 3.63) is 30.1 Å². The number of nitrogens with one attached hydrogen (secondary N) is 2. The average Bonchev–Trinajstić information content (AvgIpc) is 2.40. The zero-order chi connectivity index (χ0) is 12.8. The molecule has 1 aliphatic rings. The van der Waals surface area contributed by atoms with Crippen LogP contribution in [0.25, 0.3) is 0 Å². The Morgan fingerprint density at radius 3 is 3.00 bits per heavy atom. The van der Waals surface area contributed by atoms with Crippen LogP contribution in [0.2, 0.25) is 0 Å². The van der Waals surface area contributed by atoms with E-state index in [-0.39, 0.29) is 11.9 Å². The highest BCUT2D eigenvalue weighted by Gasteiger charge is 2.21. The van der Waals surface area contributed by atoms with Crippen molar-refractivity contribution < 1.29 is 4.79 Å². The Morgan fingerprint density at radius 1 is 1.56 bits per heavy atom. The van der Waals surface area contributed by atoms with Gasteiger partial charge in [-0.05, 0) is 56.5 Å². The van der Waals surface area contributed by atoms with E-state index in [4.69, 9.17) is 0 Å². The van der Waals surface area contributed by atoms with Crippen LogP contribution in [0, 0.1) is 5.92 Å². The maximum atomic E-state index is 11.9. The average molecular weight is 247 g/mol. The van der Waals surface area contributed by atoms with E-state index in [9.17, 15) is 4.79 Å². The molecule has 0 spiro atoms. The SMILES string of the molecule is CC(NC(=O)Cc1ccncc1)C1CCCNC1. The lowest BCUT2D eigenvalue weighted by Gasteiger charge is -2.28. The normalized spacial score (nSPS) is 21.3. The van der Waals surface area contributed by atoms with E-state index in [2.05, 4.69) is 22.5 Å². The molecule has 1 saturated heterocycles. The number of piperidine rings is 1. The minimum absolute atomic E-state index is 0.0965. The molecule has 1 aromatic rings. The van der Waals surface area contributed by atoms with Crippen LogP contribution in [0.5, 0.6) is 0 Å². The molecule has 4 heteroatoms. The fourth-order valence-corrected chi connectivity index (χ4v) is 2.41. The van der Waals surface area contributed by atoms with Crippen molar-refractivity contribution in [2.24, 2.45) is 5.92 Å². The van der Waals surface area contributed by atoms with Gasteiger partial charge in [0.25, 0.3) is 0 Å². The van der Waals surface area contributed by atoms with Crippen LogP contribution in [0.4, 0.5) is 0 Å². The van der Waals surface area contributed by atoms with E-state index in [1.165, 1.54) is 12.8 Å². The lowest BCUT2D eigenvalue weighted by molar-refractivity contribution is -0.121. The van der Waals surface area contributed by atoms with Gasteiger partial charge in [0.1, 0.15) is 0 Å². The summed E-state index contributed by atoms with van der Waals surface area (Å²) in [6.45, 7) is 4.22. The van der Waals surface area contributed by atoms with Gasteiger partial charge in [-0.25, -0.2) is 0 Å². The fourth-order valence-electron chi connectivity index (χ4n) is 2.41. The quantitative estimate of drug-likeness (QED) is 0.838. The highest BCUT2D eigenvalue weighted by Crippen LogP contribution is 2.14. The molecule has 2 N–H and O–H groups in total. The first-order valence-corrected chi connectivity index (χ1v) is 6.64. The summed E-state index contributed by atoms with van der Waals surface area (Å²) >= 11 is 0. The van der Waals surface area contributed by atoms with E-state index in [0.717, 1.165) is 18.7 Å². The van der Waals surface area contributed by atoms with E-state index >= 15 is 0 Å². The van der Waals surface area contributed by atoms with Crippen LogP contribution in [0.3, 0.4) is 0 Å². The van der Waals surface area contributed by atoms with Crippen LogP contribution in [-0.4, -0.2) is 30.0 Å². The number of carbonyl (C=O) groups is 1. The minimum Gasteiger partial charge on any atom is -0.353 e. The molecule has 0 aromatic carbocycles. The van der Waals surface area contributed by atoms with Crippen molar-refractivity contribution in [1.82, 2.24) is 15.6 Å². The maximum absolute atomic E-state index is 11.9. The summed E-state index contributed by atoms with van der Waals surface area (Å²) in [6, 6.07) is 4.01. The molecular weight excluding hydrogens is 226 g/mol. The molecule has 1 aromatic heterocycles. The Kier molecular flexibility index (Phi) is 4.70. The first kappa shape index (κ1) is 13.0. The Morgan fingerprint density at radius 2 is 2.33 bits per heavy atom. The van der Waals surface area contributed by atoms with Gasteiger partial charge < -0.3 is 10.6 Å². The molecule has 4 nitrogen and oxygen atoms in total. The van der Waals surface area contributed by atoms with Gasteiger partial charge >= 0.3 is 0 Å². The summed E-state index contributed by atoms with van der Waals surface area (Å²) in [5.74, 6) is 0.652. The predicted molar refractivity (Wildman–Crippen MR) is 71.1 cm³/mol. The van der Waals surface area contributed by atoms with Crippen LogP contribution < -0.4 is 10.6 Å². The number of amides is 1. The molecule has 2 rings (SSSR count). The summed E-state index contributed by atoms with van der Waals surface area (Å²) < 4.78 is 0. The molecule has 0 saturated carbocycles. The van der Waals surface area contributed by atoms with Gasteiger partial charge in [0, 0.05) is 18.4 Å². The number of hydrogen-bond acceptors (Lipinski definition) is 3. The number of hydrogen-bond donors (Lipinski definition) is 2. The molecule has 1 aliphatic heterocycles. The van der Waals surface area contributed by atoms with Crippen LogP contribution in [0.15, 0.2) is 24.5 Å². The fraction of sp³-hybridized carbons (Fsp3) is 0.571. The number of rotatable bonds is 4. The van der Waals surface area contributed by atoms with Crippen molar-refractivity contribution >= 4 is 5.91 Å². The predicted octanol–water partition coefficient (Wildman–Crippen LogP) is 1.13. The van der Waals surface area contributed by atoms with Gasteiger partial charge in [0.2, 0.25) is 5.91 Å². The van der Waals surface area contributed by atoms with E-state index in [0.29, 0.717) is 12.3 Å². The smallest absolute Gasteiger partial charge is 0.224 e. The maximum Gasteiger partial charge on any atom is 0.224 e. The van der Waals surface area contributed by atoms with Gasteiger partial charge in [-0.1, -0.05) is 0 Å². The molecule has 18 heavy (non-hydrogen) atoms. The highest BCUT2D eigenvalue weighted by atomic mass is 16.1. The van der Waals surface area contributed by atoms with Crippen LogP contribution >= 0.6 is 0 Å². The van der Waals surface area contributed by atoms with Crippen molar-refractivity contribution in [2.75, 3.05) is 13.1 Å². The third-order valence-corrected chi connectivity index (χ3v) is 3.54. The molecular formula is C14H21N3O. The van der Waals surface area contributed by atoms with Crippen molar-refractivity contribution in [2.45, 2.75) is 32.2 Å². The molecule has 2 unspecified atom stereocenters. The second kappa shape index (κ2) is 6.50. The molecule has 0 radical (unpaired) electrons. The summed E-state index contributed by atoms with van der Waals surface area (Å²) in [6.07, 6.45) is 6.28. The third kappa shape index (κ3) is 3.81. The topological polar surface area (TPSA) is 54.0 Å². The van der Waals surface area contributed by atoms with Crippen LogP contribution in [0.1, 0.15) is 25.3 Å². The Hall–Kier alpha value is -1.42. The molecule has 2 atom stereocenters. The Bertz CT molecular complexity index is 374. The molecule has 1 amide bonds. The van der Waals surface area contributed by atoms with E-state index in [1.54, 1.807) is 12.4 Å². The first-order valence-electron chi connectivity index (χ1n) is 6.64.